The van der Waals surface area contributed by atoms with Crippen molar-refractivity contribution in [2.24, 2.45) is 0 Å². The zero-order valence-electron chi connectivity index (χ0n) is 12.9. The van der Waals surface area contributed by atoms with E-state index in [0.717, 1.165) is 22.1 Å². The number of allylic oxidation sites excluding steroid dienone is 1. The quantitative estimate of drug-likeness (QED) is 0.420. The lowest BCUT2D eigenvalue weighted by Crippen LogP contribution is -1.94. The molecule has 0 amide bonds. The minimum atomic E-state index is -0.0845. The van der Waals surface area contributed by atoms with Crippen molar-refractivity contribution in [1.82, 2.24) is 0 Å². The molecule has 0 spiro atoms. The summed E-state index contributed by atoms with van der Waals surface area (Å²) in [5.74, 6) is 0.706. The van der Waals surface area contributed by atoms with Crippen LogP contribution in [0, 0.1) is 0 Å². The maximum Gasteiger partial charge on any atom is 0.185 e. The summed E-state index contributed by atoms with van der Waals surface area (Å²) >= 11 is 12.0. The van der Waals surface area contributed by atoms with E-state index in [9.17, 15) is 4.79 Å². The second-order valence-corrected chi connectivity index (χ2v) is 6.13. The fourth-order valence-electron chi connectivity index (χ4n) is 2.40. The number of fused-ring (bicyclic) bond motifs is 1. The van der Waals surface area contributed by atoms with Crippen molar-refractivity contribution in [3.8, 4) is 5.75 Å². The molecule has 3 aromatic carbocycles. The van der Waals surface area contributed by atoms with E-state index in [1.165, 1.54) is 6.08 Å². The number of halogens is 2. The van der Waals surface area contributed by atoms with Gasteiger partial charge in [-0.05, 0) is 58.8 Å². The summed E-state index contributed by atoms with van der Waals surface area (Å²) in [6.45, 7) is 0. The van der Waals surface area contributed by atoms with Crippen molar-refractivity contribution in [1.29, 1.82) is 0 Å². The molecule has 0 aromatic heterocycles. The molecular formula is C20H14Cl2O2. The van der Waals surface area contributed by atoms with Crippen molar-refractivity contribution >= 4 is 45.8 Å². The molecule has 0 aliphatic carbocycles. The lowest BCUT2D eigenvalue weighted by Gasteiger charge is -2.04. The predicted molar refractivity (Wildman–Crippen MR) is 100 cm³/mol. The van der Waals surface area contributed by atoms with Gasteiger partial charge in [-0.1, -0.05) is 47.5 Å². The van der Waals surface area contributed by atoms with Crippen molar-refractivity contribution < 1.29 is 9.53 Å². The van der Waals surface area contributed by atoms with Crippen LogP contribution in [0.2, 0.25) is 10.0 Å². The normalized spacial score (nSPS) is 11.1. The summed E-state index contributed by atoms with van der Waals surface area (Å²) in [5, 5.41) is 3.08. The van der Waals surface area contributed by atoms with Crippen molar-refractivity contribution in [3.63, 3.8) is 0 Å². The van der Waals surface area contributed by atoms with E-state index in [-0.39, 0.29) is 5.78 Å². The third-order valence-electron chi connectivity index (χ3n) is 3.71. The van der Waals surface area contributed by atoms with E-state index in [1.807, 2.05) is 30.3 Å². The minimum absolute atomic E-state index is 0.0845. The van der Waals surface area contributed by atoms with Gasteiger partial charge in [0.15, 0.2) is 5.78 Å². The largest absolute Gasteiger partial charge is 0.497 e. The van der Waals surface area contributed by atoms with E-state index in [2.05, 4.69) is 0 Å². The van der Waals surface area contributed by atoms with Crippen LogP contribution in [0.15, 0.2) is 60.7 Å². The molecule has 3 rings (SSSR count). The van der Waals surface area contributed by atoms with E-state index in [0.29, 0.717) is 15.6 Å². The monoisotopic (exact) mass is 356 g/mol. The van der Waals surface area contributed by atoms with Gasteiger partial charge < -0.3 is 4.74 Å². The lowest BCUT2D eigenvalue weighted by atomic mass is 10.0. The zero-order chi connectivity index (χ0) is 17.1. The van der Waals surface area contributed by atoms with Crippen molar-refractivity contribution in [3.05, 3.63) is 81.8 Å². The summed E-state index contributed by atoms with van der Waals surface area (Å²) in [5.41, 5.74) is 1.37. The molecule has 0 radical (unpaired) electrons. The second-order valence-electron chi connectivity index (χ2n) is 5.29. The standard InChI is InChI=1S/C20H14Cl2O2/c1-24-18-8-5-14-10-16(3-2-15(14)11-18)20(23)9-6-13-4-7-17(21)12-19(13)22/h2-12H,1H3/b9-6+. The summed E-state index contributed by atoms with van der Waals surface area (Å²) in [7, 11) is 1.63. The molecule has 0 heterocycles. The number of benzene rings is 3. The molecule has 0 saturated heterocycles. The highest BCUT2D eigenvalue weighted by atomic mass is 35.5. The zero-order valence-corrected chi connectivity index (χ0v) is 14.4. The Kier molecular flexibility index (Phi) is 4.89. The minimum Gasteiger partial charge on any atom is -0.497 e. The molecule has 120 valence electrons. The summed E-state index contributed by atoms with van der Waals surface area (Å²) in [6.07, 6.45) is 3.21. The molecule has 24 heavy (non-hydrogen) atoms. The third kappa shape index (κ3) is 3.61. The average molecular weight is 357 g/mol. The Hall–Kier alpha value is -2.29. The van der Waals surface area contributed by atoms with Crippen LogP contribution in [-0.2, 0) is 0 Å². The maximum atomic E-state index is 12.4. The molecular weight excluding hydrogens is 343 g/mol. The van der Waals surface area contributed by atoms with Crippen LogP contribution in [-0.4, -0.2) is 12.9 Å². The molecule has 0 unspecified atom stereocenters. The van der Waals surface area contributed by atoms with Gasteiger partial charge >= 0.3 is 0 Å². The maximum absolute atomic E-state index is 12.4. The van der Waals surface area contributed by atoms with Gasteiger partial charge in [0, 0.05) is 15.6 Å². The second kappa shape index (κ2) is 7.08. The lowest BCUT2D eigenvalue weighted by molar-refractivity contribution is 0.104. The van der Waals surface area contributed by atoms with Gasteiger partial charge in [0.2, 0.25) is 0 Å². The Morgan fingerprint density at radius 1 is 0.958 bits per heavy atom. The highest BCUT2D eigenvalue weighted by molar-refractivity contribution is 6.35. The van der Waals surface area contributed by atoms with Crippen LogP contribution in [0.1, 0.15) is 15.9 Å². The topological polar surface area (TPSA) is 26.3 Å². The molecule has 2 nitrogen and oxygen atoms in total. The first kappa shape index (κ1) is 16.6. The fraction of sp³-hybridized carbons (Fsp3) is 0.0500. The van der Waals surface area contributed by atoms with E-state index < -0.39 is 0 Å². The molecule has 0 atom stereocenters. The highest BCUT2D eigenvalue weighted by Crippen LogP contribution is 2.24. The Labute approximate surface area is 150 Å². The number of hydrogen-bond donors (Lipinski definition) is 0. The SMILES string of the molecule is COc1ccc2cc(C(=O)/C=C/c3ccc(Cl)cc3Cl)ccc2c1. The van der Waals surface area contributed by atoms with Gasteiger partial charge in [-0.25, -0.2) is 0 Å². The van der Waals surface area contributed by atoms with Gasteiger partial charge in [0.25, 0.3) is 0 Å². The molecule has 4 heteroatoms. The number of carbonyl (C=O) groups excluding carboxylic acids is 1. The fourth-order valence-corrected chi connectivity index (χ4v) is 2.87. The van der Waals surface area contributed by atoms with Gasteiger partial charge in [-0.3, -0.25) is 4.79 Å². The van der Waals surface area contributed by atoms with Gasteiger partial charge in [0.05, 0.1) is 7.11 Å². The van der Waals surface area contributed by atoms with Crippen LogP contribution in [0.4, 0.5) is 0 Å². The van der Waals surface area contributed by atoms with E-state index in [1.54, 1.807) is 37.5 Å². The first-order valence-corrected chi connectivity index (χ1v) is 8.08. The molecule has 3 aromatic rings. The summed E-state index contributed by atoms with van der Waals surface area (Å²) in [4.78, 5) is 12.4. The van der Waals surface area contributed by atoms with Gasteiger partial charge in [-0.15, -0.1) is 0 Å². The van der Waals surface area contributed by atoms with E-state index in [4.69, 9.17) is 27.9 Å². The smallest absolute Gasteiger partial charge is 0.185 e. The Balaban J connectivity index is 1.86. The first-order valence-electron chi connectivity index (χ1n) is 7.32. The molecule has 0 aliphatic rings. The predicted octanol–water partition coefficient (Wildman–Crippen LogP) is 6.05. The van der Waals surface area contributed by atoms with Crippen LogP contribution in [0.3, 0.4) is 0 Å². The number of ether oxygens (including phenoxy) is 1. The average Bonchev–Trinajstić information content (AvgIpc) is 2.59. The van der Waals surface area contributed by atoms with Crippen molar-refractivity contribution in [2.45, 2.75) is 0 Å². The molecule has 0 saturated carbocycles. The Morgan fingerprint density at radius 3 is 2.46 bits per heavy atom. The summed E-state index contributed by atoms with van der Waals surface area (Å²) in [6, 6.07) is 16.5. The third-order valence-corrected chi connectivity index (χ3v) is 4.27. The van der Waals surface area contributed by atoms with Gasteiger partial charge in [-0.2, -0.15) is 0 Å². The summed E-state index contributed by atoms with van der Waals surface area (Å²) < 4.78 is 5.21. The number of methoxy groups -OCH3 is 1. The Morgan fingerprint density at radius 2 is 1.71 bits per heavy atom. The first-order chi connectivity index (χ1) is 11.6. The Bertz CT molecular complexity index is 946. The highest BCUT2D eigenvalue weighted by Gasteiger charge is 2.05. The number of hydrogen-bond acceptors (Lipinski definition) is 2. The molecule has 0 N–H and O–H groups in total. The molecule has 0 aliphatic heterocycles. The number of rotatable bonds is 4. The van der Waals surface area contributed by atoms with Gasteiger partial charge in [0.1, 0.15) is 5.75 Å². The van der Waals surface area contributed by atoms with Crippen LogP contribution >= 0.6 is 23.2 Å². The van der Waals surface area contributed by atoms with Crippen molar-refractivity contribution in [2.75, 3.05) is 7.11 Å². The van der Waals surface area contributed by atoms with Crippen LogP contribution in [0.5, 0.6) is 5.75 Å². The molecule has 0 fully saturated rings. The molecule has 0 bridgehead atoms. The number of carbonyl (C=O) groups is 1. The van der Waals surface area contributed by atoms with Crippen LogP contribution in [0.25, 0.3) is 16.8 Å². The van der Waals surface area contributed by atoms with E-state index >= 15 is 0 Å². The number of ketones is 1. The van der Waals surface area contributed by atoms with Crippen LogP contribution < -0.4 is 4.74 Å².